The first-order valence-electron chi connectivity index (χ1n) is 7.09. The summed E-state index contributed by atoms with van der Waals surface area (Å²) >= 11 is 5.83. The molecule has 0 amide bonds. The Morgan fingerprint density at radius 2 is 2.26 bits per heavy atom. The number of rotatable bonds is 5. The molecular weight excluding hydrogens is 263 g/mol. The van der Waals surface area contributed by atoms with Gasteiger partial charge in [-0.15, -0.1) is 0 Å². The third-order valence-electron chi connectivity index (χ3n) is 3.76. The number of nitrogens with zero attached hydrogens (tertiary/aromatic N) is 1. The number of halogens is 2. The van der Waals surface area contributed by atoms with Gasteiger partial charge in [0.1, 0.15) is 5.82 Å². The lowest BCUT2D eigenvalue weighted by Crippen LogP contribution is -2.43. The quantitative estimate of drug-likeness (QED) is 0.891. The maximum atomic E-state index is 13.9. The van der Waals surface area contributed by atoms with Crippen molar-refractivity contribution in [1.29, 1.82) is 0 Å². The Morgan fingerprint density at radius 1 is 1.42 bits per heavy atom. The van der Waals surface area contributed by atoms with E-state index in [0.717, 1.165) is 19.6 Å². The minimum absolute atomic E-state index is 0.212. The second-order valence-electron chi connectivity index (χ2n) is 5.19. The number of piperidine rings is 1. The standard InChI is InChI=1S/C15H22ClFN2/c1-2-19(11-13-7-3-4-9-18-13)10-12-6-5-8-14(16)15(12)17/h5-6,8,13,18H,2-4,7,9-11H2,1H3. The van der Waals surface area contributed by atoms with E-state index in [1.807, 2.05) is 12.1 Å². The molecular formula is C15H22ClFN2. The molecule has 0 aromatic heterocycles. The smallest absolute Gasteiger partial charge is 0.146 e. The summed E-state index contributed by atoms with van der Waals surface area (Å²) in [7, 11) is 0. The van der Waals surface area contributed by atoms with Crippen LogP contribution in [0.1, 0.15) is 31.7 Å². The van der Waals surface area contributed by atoms with Crippen LogP contribution in [0.25, 0.3) is 0 Å². The van der Waals surface area contributed by atoms with Crippen molar-refractivity contribution in [2.24, 2.45) is 0 Å². The molecule has 0 saturated carbocycles. The lowest BCUT2D eigenvalue weighted by Gasteiger charge is -2.30. The third-order valence-corrected chi connectivity index (χ3v) is 4.06. The molecule has 0 spiro atoms. The van der Waals surface area contributed by atoms with E-state index >= 15 is 0 Å². The van der Waals surface area contributed by atoms with Gasteiger partial charge >= 0.3 is 0 Å². The number of hydrogen-bond acceptors (Lipinski definition) is 2. The van der Waals surface area contributed by atoms with Crippen molar-refractivity contribution >= 4 is 11.6 Å². The largest absolute Gasteiger partial charge is 0.313 e. The summed E-state index contributed by atoms with van der Waals surface area (Å²) in [6, 6.07) is 5.77. The van der Waals surface area contributed by atoms with Crippen LogP contribution in [-0.4, -0.2) is 30.6 Å². The second kappa shape index (κ2) is 7.22. The van der Waals surface area contributed by atoms with E-state index < -0.39 is 0 Å². The molecule has 0 aliphatic carbocycles. The van der Waals surface area contributed by atoms with Gasteiger partial charge in [0, 0.05) is 24.7 Å². The Kier molecular flexibility index (Phi) is 5.61. The fourth-order valence-electron chi connectivity index (χ4n) is 2.61. The van der Waals surface area contributed by atoms with Crippen LogP contribution in [0, 0.1) is 5.82 Å². The van der Waals surface area contributed by atoms with Gasteiger partial charge in [0.25, 0.3) is 0 Å². The van der Waals surface area contributed by atoms with Crippen LogP contribution in [0.4, 0.5) is 4.39 Å². The third kappa shape index (κ3) is 4.16. The van der Waals surface area contributed by atoms with Crippen molar-refractivity contribution in [2.75, 3.05) is 19.6 Å². The number of nitrogens with one attached hydrogen (secondary N) is 1. The van der Waals surface area contributed by atoms with Crippen molar-refractivity contribution in [1.82, 2.24) is 10.2 Å². The summed E-state index contributed by atoms with van der Waals surface area (Å²) in [6.07, 6.45) is 3.78. The van der Waals surface area contributed by atoms with Crippen molar-refractivity contribution < 1.29 is 4.39 Å². The fourth-order valence-corrected chi connectivity index (χ4v) is 2.80. The lowest BCUT2D eigenvalue weighted by molar-refractivity contribution is 0.224. The van der Waals surface area contributed by atoms with Gasteiger partial charge in [0.05, 0.1) is 5.02 Å². The first kappa shape index (κ1) is 14.8. The Labute approximate surface area is 119 Å². The minimum Gasteiger partial charge on any atom is -0.313 e. The highest BCUT2D eigenvalue weighted by atomic mass is 35.5. The highest BCUT2D eigenvalue weighted by molar-refractivity contribution is 6.30. The number of hydrogen-bond donors (Lipinski definition) is 1. The molecule has 0 bridgehead atoms. The first-order valence-corrected chi connectivity index (χ1v) is 7.47. The molecule has 1 aliphatic rings. The van der Waals surface area contributed by atoms with E-state index in [4.69, 9.17) is 11.6 Å². The highest BCUT2D eigenvalue weighted by Gasteiger charge is 2.17. The predicted octanol–water partition coefficient (Wildman–Crippen LogP) is 3.44. The lowest BCUT2D eigenvalue weighted by atomic mass is 10.0. The van der Waals surface area contributed by atoms with E-state index in [1.54, 1.807) is 6.07 Å². The summed E-state index contributed by atoms with van der Waals surface area (Å²) < 4.78 is 13.9. The van der Waals surface area contributed by atoms with Gasteiger partial charge in [-0.3, -0.25) is 4.90 Å². The minimum atomic E-state index is -0.278. The summed E-state index contributed by atoms with van der Waals surface area (Å²) in [5.41, 5.74) is 0.685. The van der Waals surface area contributed by atoms with Gasteiger partial charge in [0.15, 0.2) is 0 Å². The van der Waals surface area contributed by atoms with Gasteiger partial charge in [-0.2, -0.15) is 0 Å². The van der Waals surface area contributed by atoms with Gasteiger partial charge in [-0.1, -0.05) is 37.1 Å². The number of benzene rings is 1. The summed E-state index contributed by atoms with van der Waals surface area (Å²) in [5, 5.41) is 3.75. The van der Waals surface area contributed by atoms with Crippen molar-refractivity contribution in [3.05, 3.63) is 34.6 Å². The Hall–Kier alpha value is -0.640. The second-order valence-corrected chi connectivity index (χ2v) is 5.59. The predicted molar refractivity (Wildman–Crippen MR) is 78.0 cm³/mol. The van der Waals surface area contributed by atoms with Gasteiger partial charge < -0.3 is 5.32 Å². The zero-order valence-electron chi connectivity index (χ0n) is 11.5. The number of likely N-dealkylation sites (N-methyl/N-ethyl adjacent to an activating group) is 1. The monoisotopic (exact) mass is 284 g/mol. The maximum Gasteiger partial charge on any atom is 0.146 e. The first-order chi connectivity index (χ1) is 9.20. The average molecular weight is 285 g/mol. The van der Waals surface area contributed by atoms with E-state index in [-0.39, 0.29) is 10.8 Å². The fraction of sp³-hybridized carbons (Fsp3) is 0.600. The van der Waals surface area contributed by atoms with Crippen LogP contribution < -0.4 is 5.32 Å². The van der Waals surface area contributed by atoms with Crippen LogP contribution >= 0.6 is 11.6 Å². The Bertz CT molecular complexity index is 405. The zero-order valence-corrected chi connectivity index (χ0v) is 12.2. The van der Waals surface area contributed by atoms with E-state index in [2.05, 4.69) is 17.1 Å². The van der Waals surface area contributed by atoms with Crippen molar-refractivity contribution in [2.45, 2.75) is 38.8 Å². The normalized spacial score (nSPS) is 19.9. The zero-order chi connectivity index (χ0) is 13.7. The topological polar surface area (TPSA) is 15.3 Å². The average Bonchev–Trinajstić information content (AvgIpc) is 2.44. The molecule has 1 aliphatic heterocycles. The van der Waals surface area contributed by atoms with Crippen molar-refractivity contribution in [3.63, 3.8) is 0 Å². The summed E-state index contributed by atoms with van der Waals surface area (Å²) in [5.74, 6) is -0.278. The molecule has 1 unspecified atom stereocenters. The molecule has 1 atom stereocenters. The van der Waals surface area contributed by atoms with Crippen LogP contribution in [0.5, 0.6) is 0 Å². The van der Waals surface area contributed by atoms with Gasteiger partial charge in [0.2, 0.25) is 0 Å². The molecule has 1 aromatic carbocycles. The molecule has 1 fully saturated rings. The molecule has 2 nitrogen and oxygen atoms in total. The van der Waals surface area contributed by atoms with Crippen LogP contribution in [0.15, 0.2) is 18.2 Å². The Balaban J connectivity index is 1.96. The van der Waals surface area contributed by atoms with Crippen LogP contribution in [0.3, 0.4) is 0 Å². The molecule has 4 heteroatoms. The molecule has 106 valence electrons. The molecule has 19 heavy (non-hydrogen) atoms. The van der Waals surface area contributed by atoms with E-state index in [9.17, 15) is 4.39 Å². The van der Waals surface area contributed by atoms with Gasteiger partial charge in [-0.05, 0) is 32.0 Å². The molecule has 1 N–H and O–H groups in total. The van der Waals surface area contributed by atoms with E-state index in [0.29, 0.717) is 18.2 Å². The molecule has 2 rings (SSSR count). The van der Waals surface area contributed by atoms with Crippen LogP contribution in [-0.2, 0) is 6.54 Å². The maximum absolute atomic E-state index is 13.9. The molecule has 1 saturated heterocycles. The Morgan fingerprint density at radius 3 is 2.95 bits per heavy atom. The van der Waals surface area contributed by atoms with Crippen molar-refractivity contribution in [3.8, 4) is 0 Å². The van der Waals surface area contributed by atoms with Gasteiger partial charge in [-0.25, -0.2) is 4.39 Å². The highest BCUT2D eigenvalue weighted by Crippen LogP contribution is 2.19. The molecule has 0 radical (unpaired) electrons. The molecule has 1 aromatic rings. The SMILES string of the molecule is CCN(Cc1cccc(Cl)c1F)CC1CCCCN1. The summed E-state index contributed by atoms with van der Waals surface area (Å²) in [6.45, 7) is 5.74. The molecule has 1 heterocycles. The van der Waals surface area contributed by atoms with E-state index in [1.165, 1.54) is 19.3 Å². The summed E-state index contributed by atoms with van der Waals surface area (Å²) in [4.78, 5) is 2.28. The van der Waals surface area contributed by atoms with Crippen LogP contribution in [0.2, 0.25) is 5.02 Å².